The van der Waals surface area contributed by atoms with Gasteiger partial charge in [-0.3, -0.25) is 0 Å². The molecule has 0 atom stereocenters. The number of furan rings is 1. The van der Waals surface area contributed by atoms with Crippen LogP contribution < -0.4 is 0 Å². The fourth-order valence-electron chi connectivity index (χ4n) is 1.24. The van der Waals surface area contributed by atoms with Crippen molar-refractivity contribution in [2.75, 3.05) is 0 Å². The minimum atomic E-state index is -0.0752. The van der Waals surface area contributed by atoms with E-state index in [4.69, 9.17) is 9.52 Å². The molecule has 2 rings (SSSR count). The molecule has 0 radical (unpaired) electrons. The van der Waals surface area contributed by atoms with Gasteiger partial charge in [-0.15, -0.1) is 0 Å². The van der Waals surface area contributed by atoms with Gasteiger partial charge >= 0.3 is 0 Å². The predicted octanol–water partition coefficient (Wildman–Crippen LogP) is 1.54. The van der Waals surface area contributed by atoms with E-state index >= 15 is 0 Å². The van der Waals surface area contributed by atoms with Crippen molar-refractivity contribution < 1.29 is 9.52 Å². The van der Waals surface area contributed by atoms with E-state index in [0.29, 0.717) is 11.5 Å². The second-order valence-electron chi connectivity index (χ2n) is 2.99. The topological polar surface area (TPSA) is 59.2 Å². The predicted molar refractivity (Wildman–Crippen MR) is 50.4 cm³/mol. The monoisotopic (exact) mass is 190 g/mol. The quantitative estimate of drug-likeness (QED) is 0.780. The number of nitrogens with zero attached hydrogens (tertiary/aromatic N) is 2. The van der Waals surface area contributed by atoms with Gasteiger partial charge in [-0.05, 0) is 19.1 Å². The van der Waals surface area contributed by atoms with Gasteiger partial charge in [-0.2, -0.15) is 0 Å². The minimum Gasteiger partial charge on any atom is -0.472 e. The van der Waals surface area contributed by atoms with E-state index in [1.165, 1.54) is 0 Å². The molecular weight excluding hydrogens is 180 g/mol. The van der Waals surface area contributed by atoms with Crippen LogP contribution >= 0.6 is 0 Å². The maximum absolute atomic E-state index is 8.97. The Kier molecular flexibility index (Phi) is 2.28. The summed E-state index contributed by atoms with van der Waals surface area (Å²) in [7, 11) is 0. The molecule has 2 aromatic heterocycles. The van der Waals surface area contributed by atoms with Gasteiger partial charge in [0.25, 0.3) is 0 Å². The zero-order valence-corrected chi connectivity index (χ0v) is 7.77. The lowest BCUT2D eigenvalue weighted by atomic mass is 10.3. The highest BCUT2D eigenvalue weighted by molar-refractivity contribution is 5.52. The molecule has 0 unspecified atom stereocenters. The van der Waals surface area contributed by atoms with Crippen molar-refractivity contribution in [1.82, 2.24) is 9.97 Å². The highest BCUT2D eigenvalue weighted by Gasteiger charge is 2.05. The van der Waals surface area contributed by atoms with E-state index in [9.17, 15) is 0 Å². The van der Waals surface area contributed by atoms with Gasteiger partial charge in [-0.25, -0.2) is 9.97 Å². The van der Waals surface area contributed by atoms with Gasteiger partial charge in [0, 0.05) is 5.69 Å². The Morgan fingerprint density at radius 2 is 2.29 bits per heavy atom. The van der Waals surface area contributed by atoms with Crippen molar-refractivity contribution >= 4 is 0 Å². The van der Waals surface area contributed by atoms with Crippen molar-refractivity contribution in [3.63, 3.8) is 0 Å². The van der Waals surface area contributed by atoms with Gasteiger partial charge in [0.15, 0.2) is 5.82 Å². The van der Waals surface area contributed by atoms with E-state index in [2.05, 4.69) is 9.97 Å². The van der Waals surface area contributed by atoms with Gasteiger partial charge in [-0.1, -0.05) is 0 Å². The van der Waals surface area contributed by atoms with Crippen LogP contribution in [0.4, 0.5) is 0 Å². The van der Waals surface area contributed by atoms with Crippen LogP contribution in [-0.2, 0) is 6.61 Å². The van der Waals surface area contributed by atoms with E-state index in [1.54, 1.807) is 24.7 Å². The fourth-order valence-corrected chi connectivity index (χ4v) is 1.24. The molecule has 14 heavy (non-hydrogen) atoms. The molecular formula is C10H10N2O2. The minimum absolute atomic E-state index is 0.0752. The van der Waals surface area contributed by atoms with E-state index in [-0.39, 0.29) is 6.61 Å². The van der Waals surface area contributed by atoms with Crippen molar-refractivity contribution in [2.45, 2.75) is 13.5 Å². The zero-order chi connectivity index (χ0) is 9.97. The van der Waals surface area contributed by atoms with E-state index in [1.807, 2.05) is 6.92 Å². The smallest absolute Gasteiger partial charge is 0.162 e. The maximum atomic E-state index is 8.97. The fraction of sp³-hybridized carbons (Fsp3) is 0.200. The summed E-state index contributed by atoms with van der Waals surface area (Å²) in [6, 6.07) is 3.54. The average Bonchev–Trinajstić information content (AvgIpc) is 2.69. The molecule has 0 aliphatic carbocycles. The summed E-state index contributed by atoms with van der Waals surface area (Å²) in [4.78, 5) is 8.42. The summed E-state index contributed by atoms with van der Waals surface area (Å²) in [5.74, 6) is 0.586. The molecule has 2 heterocycles. The van der Waals surface area contributed by atoms with Gasteiger partial charge < -0.3 is 9.52 Å². The molecule has 0 aliphatic heterocycles. The number of hydrogen-bond acceptors (Lipinski definition) is 4. The lowest BCUT2D eigenvalue weighted by Crippen LogP contribution is -1.96. The maximum Gasteiger partial charge on any atom is 0.162 e. The highest BCUT2D eigenvalue weighted by atomic mass is 16.3. The van der Waals surface area contributed by atoms with Crippen molar-refractivity contribution in [2.24, 2.45) is 0 Å². The van der Waals surface area contributed by atoms with Crippen molar-refractivity contribution in [3.8, 4) is 11.4 Å². The van der Waals surface area contributed by atoms with Crippen LogP contribution in [0.25, 0.3) is 11.4 Å². The van der Waals surface area contributed by atoms with Gasteiger partial charge in [0.2, 0.25) is 0 Å². The molecule has 0 fully saturated rings. The second kappa shape index (κ2) is 3.59. The summed E-state index contributed by atoms with van der Waals surface area (Å²) in [6.45, 7) is 1.79. The highest BCUT2D eigenvalue weighted by Crippen LogP contribution is 2.15. The van der Waals surface area contributed by atoms with E-state index < -0.39 is 0 Å². The SMILES string of the molecule is Cc1cc(CO)nc(-c2ccoc2)n1. The summed E-state index contributed by atoms with van der Waals surface area (Å²) in [6.07, 6.45) is 3.15. The molecule has 0 spiro atoms. The number of aryl methyl sites for hydroxylation is 1. The molecule has 0 aliphatic rings. The van der Waals surface area contributed by atoms with Crippen LogP contribution in [0.15, 0.2) is 29.1 Å². The van der Waals surface area contributed by atoms with Crippen LogP contribution in [0.3, 0.4) is 0 Å². The Bertz CT molecular complexity index is 424. The summed E-state index contributed by atoms with van der Waals surface area (Å²) < 4.78 is 4.94. The van der Waals surface area contributed by atoms with Gasteiger partial charge in [0.1, 0.15) is 6.26 Å². The summed E-state index contributed by atoms with van der Waals surface area (Å²) in [5, 5.41) is 8.97. The Hall–Kier alpha value is -1.68. The molecule has 72 valence electrons. The first-order chi connectivity index (χ1) is 6.79. The Labute approximate surface area is 81.2 Å². The number of hydrogen-bond donors (Lipinski definition) is 1. The third-order valence-corrected chi connectivity index (χ3v) is 1.85. The van der Waals surface area contributed by atoms with Crippen molar-refractivity contribution in [1.29, 1.82) is 0 Å². The molecule has 4 nitrogen and oxygen atoms in total. The third kappa shape index (κ3) is 1.65. The summed E-state index contributed by atoms with van der Waals surface area (Å²) >= 11 is 0. The lowest BCUT2D eigenvalue weighted by Gasteiger charge is -2.01. The average molecular weight is 190 g/mol. The van der Waals surface area contributed by atoms with E-state index in [0.717, 1.165) is 11.3 Å². The van der Waals surface area contributed by atoms with Crippen LogP contribution in [0.1, 0.15) is 11.4 Å². The first kappa shape index (κ1) is 8.90. The summed E-state index contributed by atoms with van der Waals surface area (Å²) in [5.41, 5.74) is 2.28. The molecule has 0 saturated heterocycles. The lowest BCUT2D eigenvalue weighted by molar-refractivity contribution is 0.276. The Morgan fingerprint density at radius 1 is 1.43 bits per heavy atom. The number of aliphatic hydroxyl groups excluding tert-OH is 1. The van der Waals surface area contributed by atoms with Crippen LogP contribution in [0, 0.1) is 6.92 Å². The largest absolute Gasteiger partial charge is 0.472 e. The normalized spacial score (nSPS) is 10.4. The molecule has 0 amide bonds. The van der Waals surface area contributed by atoms with Gasteiger partial charge in [0.05, 0.1) is 24.1 Å². The Balaban J connectivity index is 2.48. The van der Waals surface area contributed by atoms with Crippen LogP contribution in [0.2, 0.25) is 0 Å². The zero-order valence-electron chi connectivity index (χ0n) is 7.77. The third-order valence-electron chi connectivity index (χ3n) is 1.85. The first-order valence-corrected chi connectivity index (χ1v) is 4.27. The number of rotatable bonds is 2. The standard InChI is InChI=1S/C10H10N2O2/c1-7-4-9(5-13)12-10(11-7)8-2-3-14-6-8/h2-4,6,13H,5H2,1H3. The molecule has 4 heteroatoms. The molecule has 2 aromatic rings. The molecule has 1 N–H and O–H groups in total. The van der Waals surface area contributed by atoms with Crippen LogP contribution in [0.5, 0.6) is 0 Å². The first-order valence-electron chi connectivity index (χ1n) is 4.27. The number of aromatic nitrogens is 2. The Morgan fingerprint density at radius 3 is 2.93 bits per heavy atom. The van der Waals surface area contributed by atoms with Crippen LogP contribution in [-0.4, -0.2) is 15.1 Å². The molecule has 0 aromatic carbocycles. The molecule has 0 saturated carbocycles. The number of aliphatic hydroxyl groups is 1. The second-order valence-corrected chi connectivity index (χ2v) is 2.99. The van der Waals surface area contributed by atoms with Crippen molar-refractivity contribution in [3.05, 3.63) is 36.0 Å². The molecule has 0 bridgehead atoms.